The van der Waals surface area contributed by atoms with Crippen molar-refractivity contribution in [3.05, 3.63) is 0 Å². The van der Waals surface area contributed by atoms with Crippen LogP contribution < -0.4 is 11.1 Å². The Morgan fingerprint density at radius 2 is 1.65 bits per heavy atom. The molecule has 0 heterocycles. The van der Waals surface area contributed by atoms with Gasteiger partial charge in [0.05, 0.1) is 0 Å². The molecule has 0 aromatic carbocycles. The highest BCUT2D eigenvalue weighted by atomic mass is 14.9. The molecule has 17 heavy (non-hydrogen) atoms. The molecular weight excluding hydrogens is 208 g/mol. The summed E-state index contributed by atoms with van der Waals surface area (Å²) in [5.41, 5.74) is 6.43. The molecule has 0 aromatic rings. The summed E-state index contributed by atoms with van der Waals surface area (Å²) in [7, 11) is 0. The molecule has 102 valence electrons. The molecule has 1 aliphatic carbocycles. The van der Waals surface area contributed by atoms with Crippen molar-refractivity contribution in [1.82, 2.24) is 5.32 Å². The van der Waals surface area contributed by atoms with E-state index in [9.17, 15) is 0 Å². The third-order valence-corrected chi connectivity index (χ3v) is 4.47. The molecule has 3 N–H and O–H groups in total. The first-order valence-electron chi connectivity index (χ1n) is 7.28. The Morgan fingerprint density at radius 3 is 2.18 bits per heavy atom. The summed E-state index contributed by atoms with van der Waals surface area (Å²) in [6.07, 6.45) is 6.84. The first-order chi connectivity index (χ1) is 7.87. The van der Waals surface area contributed by atoms with Gasteiger partial charge in [0.1, 0.15) is 0 Å². The van der Waals surface area contributed by atoms with Crippen LogP contribution >= 0.6 is 0 Å². The molecule has 1 saturated carbocycles. The van der Waals surface area contributed by atoms with E-state index in [-0.39, 0.29) is 0 Å². The van der Waals surface area contributed by atoms with Gasteiger partial charge < -0.3 is 11.1 Å². The predicted molar refractivity (Wildman–Crippen MR) is 76.1 cm³/mol. The maximum absolute atomic E-state index is 5.64. The Bertz CT molecular complexity index is 215. The van der Waals surface area contributed by atoms with Crippen molar-refractivity contribution in [3.8, 4) is 0 Å². The summed E-state index contributed by atoms with van der Waals surface area (Å²) in [4.78, 5) is 0. The van der Waals surface area contributed by atoms with Gasteiger partial charge in [-0.3, -0.25) is 0 Å². The standard InChI is InChI=1S/C15H32N2/c1-14(2,9-10-16)11-17-12-15(3,4)13-7-5-6-8-13/h13,17H,5-12,16H2,1-4H3. The predicted octanol–water partition coefficient (Wildman–Crippen LogP) is 3.17. The van der Waals surface area contributed by atoms with E-state index in [1.54, 1.807) is 0 Å². The van der Waals surface area contributed by atoms with Crippen LogP contribution in [0, 0.1) is 16.7 Å². The van der Waals surface area contributed by atoms with Crippen molar-refractivity contribution < 1.29 is 0 Å². The number of hydrogen-bond donors (Lipinski definition) is 2. The highest BCUT2D eigenvalue weighted by molar-refractivity contribution is 4.85. The molecule has 2 nitrogen and oxygen atoms in total. The quantitative estimate of drug-likeness (QED) is 0.717. The lowest BCUT2D eigenvalue weighted by Gasteiger charge is -2.34. The third kappa shape index (κ3) is 4.97. The number of nitrogens with two attached hydrogens (primary N) is 1. The largest absolute Gasteiger partial charge is 0.330 e. The second-order valence-electron chi connectivity index (χ2n) is 7.28. The minimum Gasteiger partial charge on any atom is -0.330 e. The average molecular weight is 240 g/mol. The topological polar surface area (TPSA) is 38.0 Å². The maximum atomic E-state index is 5.64. The fraction of sp³-hybridized carbons (Fsp3) is 1.00. The van der Waals surface area contributed by atoms with Crippen molar-refractivity contribution in [2.75, 3.05) is 19.6 Å². The average Bonchev–Trinajstić information content (AvgIpc) is 2.69. The van der Waals surface area contributed by atoms with E-state index >= 15 is 0 Å². The summed E-state index contributed by atoms with van der Waals surface area (Å²) in [5, 5.41) is 3.67. The van der Waals surface area contributed by atoms with E-state index < -0.39 is 0 Å². The molecule has 0 aliphatic heterocycles. The molecular formula is C15H32N2. The van der Waals surface area contributed by atoms with Crippen LogP contribution in [0.15, 0.2) is 0 Å². The Kier molecular flexibility index (Phi) is 5.46. The SMILES string of the molecule is CC(C)(CCN)CNCC(C)(C)C1CCCC1. The lowest BCUT2D eigenvalue weighted by molar-refractivity contribution is 0.194. The highest BCUT2D eigenvalue weighted by Gasteiger charge is 2.31. The zero-order valence-electron chi connectivity index (χ0n) is 12.3. The van der Waals surface area contributed by atoms with Crippen LogP contribution in [0.4, 0.5) is 0 Å². The molecule has 0 atom stereocenters. The monoisotopic (exact) mass is 240 g/mol. The normalized spacial score (nSPS) is 18.9. The molecule has 0 aromatic heterocycles. The second-order valence-corrected chi connectivity index (χ2v) is 7.28. The highest BCUT2D eigenvalue weighted by Crippen LogP contribution is 2.39. The summed E-state index contributed by atoms with van der Waals surface area (Å²) in [6.45, 7) is 12.5. The van der Waals surface area contributed by atoms with Crippen LogP contribution in [0.3, 0.4) is 0 Å². The molecule has 0 saturated heterocycles. The first kappa shape index (κ1) is 15.0. The van der Waals surface area contributed by atoms with Gasteiger partial charge in [-0.1, -0.05) is 40.5 Å². The van der Waals surface area contributed by atoms with E-state index in [0.29, 0.717) is 10.8 Å². The van der Waals surface area contributed by atoms with Crippen LogP contribution in [0.5, 0.6) is 0 Å². The summed E-state index contributed by atoms with van der Waals surface area (Å²) in [5.74, 6) is 0.924. The molecule has 1 aliphatic rings. The second kappa shape index (κ2) is 6.19. The van der Waals surface area contributed by atoms with E-state index in [0.717, 1.165) is 32.0 Å². The lowest BCUT2D eigenvalue weighted by Crippen LogP contribution is -2.39. The van der Waals surface area contributed by atoms with Crippen LogP contribution in [0.25, 0.3) is 0 Å². The Balaban J connectivity index is 2.29. The Hall–Kier alpha value is -0.0800. The summed E-state index contributed by atoms with van der Waals surface area (Å²) < 4.78 is 0. The van der Waals surface area contributed by atoms with Gasteiger partial charge in [0.25, 0.3) is 0 Å². The molecule has 0 spiro atoms. The van der Waals surface area contributed by atoms with Gasteiger partial charge >= 0.3 is 0 Å². The van der Waals surface area contributed by atoms with E-state index in [4.69, 9.17) is 5.73 Å². The van der Waals surface area contributed by atoms with Crippen molar-refractivity contribution in [3.63, 3.8) is 0 Å². The van der Waals surface area contributed by atoms with Gasteiger partial charge in [0.15, 0.2) is 0 Å². The number of hydrogen-bond acceptors (Lipinski definition) is 2. The number of rotatable bonds is 7. The van der Waals surface area contributed by atoms with Gasteiger partial charge in [0, 0.05) is 13.1 Å². The Morgan fingerprint density at radius 1 is 1.06 bits per heavy atom. The van der Waals surface area contributed by atoms with Gasteiger partial charge in [0.2, 0.25) is 0 Å². The molecule has 0 radical (unpaired) electrons. The molecule has 0 unspecified atom stereocenters. The van der Waals surface area contributed by atoms with Crippen molar-refractivity contribution in [1.29, 1.82) is 0 Å². The van der Waals surface area contributed by atoms with Crippen molar-refractivity contribution in [2.45, 2.75) is 59.8 Å². The fourth-order valence-corrected chi connectivity index (χ4v) is 3.05. The first-order valence-corrected chi connectivity index (χ1v) is 7.28. The molecule has 0 amide bonds. The fourth-order valence-electron chi connectivity index (χ4n) is 3.05. The summed E-state index contributed by atoms with van der Waals surface area (Å²) in [6, 6.07) is 0. The zero-order valence-corrected chi connectivity index (χ0v) is 12.3. The minimum absolute atomic E-state index is 0.334. The van der Waals surface area contributed by atoms with E-state index in [2.05, 4.69) is 33.0 Å². The lowest BCUT2D eigenvalue weighted by atomic mass is 9.77. The summed E-state index contributed by atoms with van der Waals surface area (Å²) >= 11 is 0. The van der Waals surface area contributed by atoms with Gasteiger partial charge in [-0.25, -0.2) is 0 Å². The zero-order chi connectivity index (χ0) is 12.9. The number of nitrogens with one attached hydrogen (secondary N) is 1. The van der Waals surface area contributed by atoms with Crippen molar-refractivity contribution >= 4 is 0 Å². The van der Waals surface area contributed by atoms with Gasteiger partial charge in [-0.15, -0.1) is 0 Å². The molecule has 1 fully saturated rings. The van der Waals surface area contributed by atoms with Crippen LogP contribution in [-0.4, -0.2) is 19.6 Å². The van der Waals surface area contributed by atoms with Crippen LogP contribution in [0.1, 0.15) is 59.8 Å². The van der Waals surface area contributed by atoms with E-state index in [1.165, 1.54) is 25.7 Å². The van der Waals surface area contributed by atoms with Crippen LogP contribution in [-0.2, 0) is 0 Å². The third-order valence-electron chi connectivity index (χ3n) is 4.47. The Labute approximate surface area is 108 Å². The smallest absolute Gasteiger partial charge is 0.000540 e. The molecule has 1 rings (SSSR count). The molecule has 0 bridgehead atoms. The molecule has 2 heteroatoms. The van der Waals surface area contributed by atoms with Gasteiger partial charge in [-0.05, 0) is 42.6 Å². The van der Waals surface area contributed by atoms with E-state index in [1.807, 2.05) is 0 Å². The minimum atomic E-state index is 0.334. The van der Waals surface area contributed by atoms with Gasteiger partial charge in [-0.2, -0.15) is 0 Å². The maximum Gasteiger partial charge on any atom is 0.000540 e. The van der Waals surface area contributed by atoms with Crippen molar-refractivity contribution in [2.24, 2.45) is 22.5 Å². The van der Waals surface area contributed by atoms with Crippen LogP contribution in [0.2, 0.25) is 0 Å².